The van der Waals surface area contributed by atoms with Crippen molar-refractivity contribution in [2.24, 2.45) is 0 Å². The highest BCUT2D eigenvalue weighted by Gasteiger charge is 2.34. The Morgan fingerprint density at radius 3 is 1.60 bits per heavy atom. The molecule has 0 fully saturated rings. The van der Waals surface area contributed by atoms with E-state index in [-0.39, 0.29) is 6.10 Å². The van der Waals surface area contributed by atoms with Crippen LogP contribution in [0, 0.1) is 0 Å². The molecule has 1 aliphatic heterocycles. The van der Waals surface area contributed by atoms with Gasteiger partial charge in [-0.3, -0.25) is 0 Å². The van der Waals surface area contributed by atoms with Gasteiger partial charge in [0.15, 0.2) is 0 Å². The van der Waals surface area contributed by atoms with E-state index in [4.69, 9.17) is 9.47 Å². The predicted molar refractivity (Wildman–Crippen MR) is 180 cm³/mol. The molecule has 0 spiro atoms. The van der Waals surface area contributed by atoms with Gasteiger partial charge in [-0.05, 0) is 60.2 Å². The van der Waals surface area contributed by atoms with Gasteiger partial charge in [0.05, 0.1) is 12.7 Å². The molecule has 42 heavy (non-hydrogen) atoms. The van der Waals surface area contributed by atoms with Crippen LogP contribution in [0.1, 0.15) is 12.0 Å². The number of hydrogen-bond acceptors (Lipinski definition) is 2. The Morgan fingerprint density at radius 1 is 0.524 bits per heavy atom. The zero-order valence-electron chi connectivity index (χ0n) is 23.3. The van der Waals surface area contributed by atoms with Crippen molar-refractivity contribution in [1.29, 1.82) is 0 Å². The molecule has 0 N–H and O–H groups in total. The number of ether oxygens (including phenoxy) is 2. The van der Waals surface area contributed by atoms with Crippen LogP contribution in [0.3, 0.4) is 0 Å². The summed E-state index contributed by atoms with van der Waals surface area (Å²) in [6.07, 6.45) is 5.51. The van der Waals surface area contributed by atoms with Crippen molar-refractivity contribution in [2.45, 2.75) is 12.5 Å². The largest absolute Gasteiger partial charge is 0.491 e. The first-order valence-corrected chi connectivity index (χ1v) is 17.2. The molecule has 0 saturated heterocycles. The molecule has 0 amide bonds. The van der Waals surface area contributed by atoms with Crippen LogP contribution in [0.2, 0.25) is 0 Å². The van der Waals surface area contributed by atoms with E-state index in [9.17, 15) is 0 Å². The Balaban J connectivity index is 1.54. The van der Waals surface area contributed by atoms with E-state index in [1.807, 2.05) is 0 Å². The van der Waals surface area contributed by atoms with Crippen molar-refractivity contribution >= 4 is 47.9 Å². The number of fused-ring (bicyclic) bond motifs is 3. The first-order valence-electron chi connectivity index (χ1n) is 14.5. The fourth-order valence-electron chi connectivity index (χ4n) is 5.91. The summed E-state index contributed by atoms with van der Waals surface area (Å²) in [5.41, 5.74) is 2.49. The Kier molecular flexibility index (Phi) is 8.12. The molecule has 0 aromatic heterocycles. The molecule has 0 radical (unpaired) electrons. The lowest BCUT2D eigenvalue weighted by atomic mass is 9.93. The van der Waals surface area contributed by atoms with Crippen LogP contribution < -0.4 is 31.3 Å². The lowest BCUT2D eigenvalue weighted by Crippen LogP contribution is -2.31. The maximum absolute atomic E-state index is 6.63. The average Bonchev–Trinajstić information content (AvgIpc) is 3.05. The first-order chi connectivity index (χ1) is 20.9. The van der Waals surface area contributed by atoms with Crippen molar-refractivity contribution in [2.75, 3.05) is 13.2 Å². The molecule has 4 heteroatoms. The summed E-state index contributed by atoms with van der Waals surface area (Å²) in [6.45, 7) is 1.11. The molecule has 1 atom stereocenters. The van der Waals surface area contributed by atoms with Crippen LogP contribution in [0.15, 0.2) is 157 Å². The second kappa shape index (κ2) is 12.6. The van der Waals surface area contributed by atoms with Crippen molar-refractivity contribution in [3.63, 3.8) is 0 Å². The highest BCUT2D eigenvalue weighted by Crippen LogP contribution is 2.53. The van der Waals surface area contributed by atoms with E-state index in [0.29, 0.717) is 13.2 Å². The molecular formula is C38H32O2P2. The van der Waals surface area contributed by atoms with E-state index in [2.05, 4.69) is 152 Å². The average molecular weight is 583 g/mol. The third-order valence-corrected chi connectivity index (χ3v) is 12.7. The fraction of sp³-hybridized carbons (Fsp3) is 0.105. The zero-order valence-corrected chi connectivity index (χ0v) is 25.1. The molecule has 1 aliphatic carbocycles. The van der Waals surface area contributed by atoms with Crippen molar-refractivity contribution in [3.05, 3.63) is 163 Å². The standard InChI is InChI=1S/C38H32O2P2/c1-5-15-29(16-6-1)41(30-17-7-2-8-18-30)35-25-13-23-33-37(35)38-34(40-28-27-39-33)24-14-26-36(38)42(31-19-9-3-10-20-31)32-21-11-4-12-22-32/h1-23,25-26,34H,24,27-28H2. The second-order valence-electron chi connectivity index (χ2n) is 10.3. The van der Waals surface area contributed by atoms with E-state index in [0.717, 1.165) is 12.2 Å². The molecular weight excluding hydrogens is 550 g/mol. The number of allylic oxidation sites excluding steroid dienone is 2. The topological polar surface area (TPSA) is 18.5 Å². The Morgan fingerprint density at radius 2 is 1.05 bits per heavy atom. The molecule has 1 heterocycles. The highest BCUT2D eigenvalue weighted by atomic mass is 31.1. The van der Waals surface area contributed by atoms with E-state index in [1.54, 1.807) is 0 Å². The summed E-state index contributed by atoms with van der Waals surface area (Å²) >= 11 is 0. The van der Waals surface area contributed by atoms with Crippen LogP contribution >= 0.6 is 15.8 Å². The van der Waals surface area contributed by atoms with Gasteiger partial charge in [0, 0.05) is 11.1 Å². The molecule has 0 bridgehead atoms. The lowest BCUT2D eigenvalue weighted by molar-refractivity contribution is 0.0624. The van der Waals surface area contributed by atoms with Crippen LogP contribution in [-0.4, -0.2) is 19.3 Å². The quantitative estimate of drug-likeness (QED) is 0.200. The van der Waals surface area contributed by atoms with Crippen molar-refractivity contribution in [3.8, 4) is 5.75 Å². The number of hydrogen-bond donors (Lipinski definition) is 0. The van der Waals surface area contributed by atoms with Crippen LogP contribution in [0.5, 0.6) is 5.75 Å². The van der Waals surface area contributed by atoms with Crippen molar-refractivity contribution < 1.29 is 9.47 Å². The summed E-state index contributed by atoms with van der Waals surface area (Å²) in [6, 6.07) is 50.5. The van der Waals surface area contributed by atoms with Gasteiger partial charge in [0.25, 0.3) is 0 Å². The van der Waals surface area contributed by atoms with Gasteiger partial charge in [-0.2, -0.15) is 0 Å². The SMILES string of the molecule is C1=CC(P(c2ccccc2)c2ccccc2)=C2c3c(cccc3P(c3ccccc3)c3ccccc3)OCCOC2C1. The molecule has 7 rings (SSSR count). The summed E-state index contributed by atoms with van der Waals surface area (Å²) in [5.74, 6) is 0.957. The summed E-state index contributed by atoms with van der Waals surface area (Å²) in [7, 11) is -1.68. The number of rotatable bonds is 6. The van der Waals surface area contributed by atoms with Gasteiger partial charge in [0.2, 0.25) is 0 Å². The van der Waals surface area contributed by atoms with Crippen LogP contribution in [-0.2, 0) is 4.74 Å². The lowest BCUT2D eigenvalue weighted by Gasteiger charge is -2.35. The van der Waals surface area contributed by atoms with Crippen LogP contribution in [0.4, 0.5) is 0 Å². The summed E-state index contributed by atoms with van der Waals surface area (Å²) in [5, 5.41) is 7.98. The van der Waals surface area contributed by atoms with Gasteiger partial charge in [-0.1, -0.05) is 146 Å². The highest BCUT2D eigenvalue weighted by molar-refractivity contribution is 7.80. The molecule has 2 nitrogen and oxygen atoms in total. The minimum atomic E-state index is -0.847. The summed E-state index contributed by atoms with van der Waals surface area (Å²) < 4.78 is 13.1. The van der Waals surface area contributed by atoms with Gasteiger partial charge < -0.3 is 9.47 Å². The maximum Gasteiger partial charge on any atom is 0.127 e. The summed E-state index contributed by atoms with van der Waals surface area (Å²) in [4.78, 5) is 0. The molecule has 1 unspecified atom stereocenters. The van der Waals surface area contributed by atoms with Gasteiger partial charge in [-0.15, -0.1) is 0 Å². The van der Waals surface area contributed by atoms with Gasteiger partial charge in [0.1, 0.15) is 12.4 Å². The first kappa shape index (κ1) is 27.1. The zero-order chi connectivity index (χ0) is 28.1. The Labute approximate surface area is 250 Å². The smallest absolute Gasteiger partial charge is 0.127 e. The third-order valence-electron chi connectivity index (χ3n) is 7.70. The van der Waals surface area contributed by atoms with E-state index >= 15 is 0 Å². The Bertz CT molecular complexity index is 1620. The Hall–Kier alpha value is -3.80. The van der Waals surface area contributed by atoms with E-state index in [1.165, 1.54) is 43.0 Å². The minimum Gasteiger partial charge on any atom is -0.491 e. The van der Waals surface area contributed by atoms with Crippen LogP contribution in [0.25, 0.3) is 5.57 Å². The number of benzene rings is 5. The monoisotopic (exact) mass is 582 g/mol. The van der Waals surface area contributed by atoms with Gasteiger partial charge in [-0.25, -0.2) is 0 Å². The predicted octanol–water partition coefficient (Wildman–Crippen LogP) is 7.03. The normalized spacial score (nSPS) is 16.4. The molecule has 5 aromatic rings. The maximum atomic E-state index is 6.63. The molecule has 0 saturated carbocycles. The molecule has 5 aromatic carbocycles. The fourth-order valence-corrected chi connectivity index (χ4v) is 10.9. The minimum absolute atomic E-state index is 0.0328. The third kappa shape index (κ3) is 5.39. The molecule has 2 aliphatic rings. The van der Waals surface area contributed by atoms with Gasteiger partial charge >= 0.3 is 0 Å². The molecule has 206 valence electrons. The van der Waals surface area contributed by atoms with E-state index < -0.39 is 15.8 Å². The van der Waals surface area contributed by atoms with Crippen molar-refractivity contribution in [1.82, 2.24) is 0 Å². The second-order valence-corrected chi connectivity index (χ2v) is 14.7.